The molecule has 1 aliphatic heterocycles. The average molecular weight is 196 g/mol. The highest BCUT2D eigenvalue weighted by molar-refractivity contribution is 5.88. The largest absolute Gasteiger partial charge is 0.334 e. The summed E-state index contributed by atoms with van der Waals surface area (Å²) in [6.07, 6.45) is 6.78. The van der Waals surface area contributed by atoms with Crippen LogP contribution in [0.5, 0.6) is 0 Å². The van der Waals surface area contributed by atoms with Gasteiger partial charge in [0.2, 0.25) is 5.91 Å². The molecule has 1 amide bonds. The zero-order valence-electron chi connectivity index (χ0n) is 9.07. The van der Waals surface area contributed by atoms with Crippen LogP contribution in [-0.2, 0) is 4.79 Å². The fourth-order valence-electron chi connectivity index (χ4n) is 2.11. The Morgan fingerprint density at radius 2 is 2.00 bits per heavy atom. The van der Waals surface area contributed by atoms with E-state index in [0.29, 0.717) is 18.6 Å². The first-order valence-electron chi connectivity index (χ1n) is 5.35. The molecule has 2 atom stereocenters. The van der Waals surface area contributed by atoms with Crippen LogP contribution in [-0.4, -0.2) is 29.4 Å². The molecule has 1 heterocycles. The molecule has 3 nitrogen and oxygen atoms in total. The van der Waals surface area contributed by atoms with Crippen molar-refractivity contribution in [2.24, 2.45) is 5.73 Å². The molecule has 0 aromatic rings. The van der Waals surface area contributed by atoms with E-state index < -0.39 is 0 Å². The number of piperidine rings is 1. The Kier molecular flexibility index (Phi) is 4.14. The van der Waals surface area contributed by atoms with Crippen molar-refractivity contribution in [2.45, 2.75) is 45.2 Å². The maximum absolute atomic E-state index is 11.8. The van der Waals surface area contributed by atoms with Gasteiger partial charge in [-0.05, 0) is 33.1 Å². The van der Waals surface area contributed by atoms with Gasteiger partial charge < -0.3 is 10.6 Å². The van der Waals surface area contributed by atoms with Crippen LogP contribution in [0.3, 0.4) is 0 Å². The van der Waals surface area contributed by atoms with Gasteiger partial charge in [0, 0.05) is 24.7 Å². The first kappa shape index (κ1) is 11.2. The number of nitrogens with zero attached hydrogens (tertiary/aromatic N) is 1. The molecule has 0 saturated carbocycles. The number of likely N-dealkylation sites (tertiary alicyclic amines) is 1. The maximum atomic E-state index is 11.8. The van der Waals surface area contributed by atoms with Gasteiger partial charge >= 0.3 is 0 Å². The van der Waals surface area contributed by atoms with E-state index in [0.717, 1.165) is 12.8 Å². The lowest BCUT2D eigenvalue weighted by Gasteiger charge is -2.38. The van der Waals surface area contributed by atoms with Crippen molar-refractivity contribution in [3.8, 4) is 0 Å². The minimum atomic E-state index is 0.107. The highest BCUT2D eigenvalue weighted by Crippen LogP contribution is 2.22. The normalized spacial score (nSPS) is 28.4. The van der Waals surface area contributed by atoms with Crippen LogP contribution in [0.1, 0.15) is 33.1 Å². The summed E-state index contributed by atoms with van der Waals surface area (Å²) in [5, 5.41) is 0. The van der Waals surface area contributed by atoms with Gasteiger partial charge in [0.15, 0.2) is 0 Å². The smallest absolute Gasteiger partial charge is 0.246 e. The lowest BCUT2D eigenvalue weighted by Crippen LogP contribution is -2.46. The maximum Gasteiger partial charge on any atom is 0.246 e. The first-order chi connectivity index (χ1) is 6.66. The Labute approximate surface area is 86.0 Å². The minimum absolute atomic E-state index is 0.107. The van der Waals surface area contributed by atoms with E-state index in [1.165, 1.54) is 6.42 Å². The van der Waals surface area contributed by atoms with Crippen LogP contribution in [0, 0.1) is 0 Å². The summed E-state index contributed by atoms with van der Waals surface area (Å²) in [5.74, 6) is 0.107. The summed E-state index contributed by atoms with van der Waals surface area (Å²) < 4.78 is 0. The van der Waals surface area contributed by atoms with E-state index in [2.05, 4.69) is 13.8 Å². The quantitative estimate of drug-likeness (QED) is 0.676. The third kappa shape index (κ3) is 2.58. The molecule has 1 fully saturated rings. The first-order valence-corrected chi connectivity index (χ1v) is 5.35. The molecule has 0 bridgehead atoms. The van der Waals surface area contributed by atoms with Crippen LogP contribution >= 0.6 is 0 Å². The zero-order valence-corrected chi connectivity index (χ0v) is 9.07. The van der Waals surface area contributed by atoms with Gasteiger partial charge in [0.05, 0.1) is 0 Å². The van der Waals surface area contributed by atoms with Crippen molar-refractivity contribution >= 4 is 5.91 Å². The van der Waals surface area contributed by atoms with Gasteiger partial charge in [-0.15, -0.1) is 0 Å². The Balaban J connectivity index is 2.62. The summed E-state index contributed by atoms with van der Waals surface area (Å²) in [5.41, 5.74) is 5.32. The number of hydrogen-bond acceptors (Lipinski definition) is 2. The van der Waals surface area contributed by atoms with Crippen molar-refractivity contribution < 1.29 is 4.79 Å². The Morgan fingerprint density at radius 1 is 1.43 bits per heavy atom. The number of carbonyl (C=O) groups is 1. The lowest BCUT2D eigenvalue weighted by atomic mass is 9.97. The van der Waals surface area contributed by atoms with Crippen molar-refractivity contribution in [3.63, 3.8) is 0 Å². The Bertz CT molecular complexity index is 215. The second kappa shape index (κ2) is 5.15. The summed E-state index contributed by atoms with van der Waals surface area (Å²) in [6, 6.07) is 0.738. The van der Waals surface area contributed by atoms with Crippen LogP contribution in [0.25, 0.3) is 0 Å². The molecule has 3 heteroatoms. The van der Waals surface area contributed by atoms with Crippen molar-refractivity contribution in [1.29, 1.82) is 0 Å². The van der Waals surface area contributed by atoms with Crippen molar-refractivity contribution in [3.05, 3.63) is 12.2 Å². The van der Waals surface area contributed by atoms with E-state index in [1.54, 1.807) is 12.2 Å². The molecule has 0 aliphatic carbocycles. The zero-order chi connectivity index (χ0) is 10.6. The van der Waals surface area contributed by atoms with E-state index in [1.807, 2.05) is 4.90 Å². The van der Waals surface area contributed by atoms with Gasteiger partial charge in [0.1, 0.15) is 0 Å². The van der Waals surface area contributed by atoms with E-state index in [-0.39, 0.29) is 5.91 Å². The number of hydrogen-bond donors (Lipinski definition) is 1. The molecule has 2 N–H and O–H groups in total. The molecule has 14 heavy (non-hydrogen) atoms. The molecule has 1 saturated heterocycles. The highest BCUT2D eigenvalue weighted by Gasteiger charge is 2.27. The SMILES string of the molecule is CC1CCCC(C)N1C(=O)/C=C/CN. The molecule has 0 aromatic carbocycles. The third-order valence-corrected chi connectivity index (χ3v) is 2.84. The Hall–Kier alpha value is -0.830. The molecule has 0 aromatic heterocycles. The van der Waals surface area contributed by atoms with E-state index in [4.69, 9.17) is 5.73 Å². The predicted molar refractivity (Wildman–Crippen MR) is 57.8 cm³/mol. The van der Waals surface area contributed by atoms with Crippen LogP contribution < -0.4 is 5.73 Å². The minimum Gasteiger partial charge on any atom is -0.334 e. The second-order valence-electron chi connectivity index (χ2n) is 4.01. The molecular formula is C11H20N2O. The lowest BCUT2D eigenvalue weighted by molar-refractivity contribution is -0.131. The van der Waals surface area contributed by atoms with Crippen LogP contribution in [0.4, 0.5) is 0 Å². The van der Waals surface area contributed by atoms with Gasteiger partial charge in [0.25, 0.3) is 0 Å². The summed E-state index contributed by atoms with van der Waals surface area (Å²) in [6.45, 7) is 4.66. The monoisotopic (exact) mass is 196 g/mol. The third-order valence-electron chi connectivity index (χ3n) is 2.84. The number of rotatable bonds is 2. The van der Waals surface area contributed by atoms with E-state index >= 15 is 0 Å². The van der Waals surface area contributed by atoms with Crippen molar-refractivity contribution in [2.75, 3.05) is 6.54 Å². The van der Waals surface area contributed by atoms with E-state index in [9.17, 15) is 4.79 Å². The summed E-state index contributed by atoms with van der Waals surface area (Å²) in [7, 11) is 0. The fourth-order valence-corrected chi connectivity index (χ4v) is 2.11. The molecule has 0 spiro atoms. The standard InChI is InChI=1S/C11H20N2O/c1-9-5-3-6-10(2)13(9)11(14)7-4-8-12/h4,7,9-10H,3,5-6,8,12H2,1-2H3/b7-4+. The van der Waals surface area contributed by atoms with Crippen LogP contribution in [0.2, 0.25) is 0 Å². The van der Waals surface area contributed by atoms with Gasteiger partial charge in [-0.3, -0.25) is 4.79 Å². The fraction of sp³-hybridized carbons (Fsp3) is 0.727. The molecule has 80 valence electrons. The molecular weight excluding hydrogens is 176 g/mol. The second-order valence-corrected chi connectivity index (χ2v) is 4.01. The van der Waals surface area contributed by atoms with Crippen LogP contribution in [0.15, 0.2) is 12.2 Å². The topological polar surface area (TPSA) is 46.3 Å². The molecule has 0 radical (unpaired) electrons. The Morgan fingerprint density at radius 3 is 2.50 bits per heavy atom. The average Bonchev–Trinajstić information content (AvgIpc) is 2.14. The number of nitrogens with two attached hydrogens (primary N) is 1. The molecule has 1 rings (SSSR count). The van der Waals surface area contributed by atoms with Gasteiger partial charge in [-0.1, -0.05) is 6.08 Å². The molecule has 2 unspecified atom stereocenters. The number of amides is 1. The predicted octanol–water partition coefficient (Wildman–Crippen LogP) is 1.29. The van der Waals surface area contributed by atoms with Crippen molar-refractivity contribution in [1.82, 2.24) is 4.90 Å². The van der Waals surface area contributed by atoms with Gasteiger partial charge in [-0.2, -0.15) is 0 Å². The number of carbonyl (C=O) groups excluding carboxylic acids is 1. The van der Waals surface area contributed by atoms with Gasteiger partial charge in [-0.25, -0.2) is 0 Å². The summed E-state index contributed by atoms with van der Waals surface area (Å²) >= 11 is 0. The molecule has 1 aliphatic rings. The summed E-state index contributed by atoms with van der Waals surface area (Å²) in [4.78, 5) is 13.7. The highest BCUT2D eigenvalue weighted by atomic mass is 16.2.